The summed E-state index contributed by atoms with van der Waals surface area (Å²) in [6.45, 7) is 3.18. The van der Waals surface area contributed by atoms with E-state index >= 15 is 0 Å². The Balaban J connectivity index is 2.02. The predicted octanol–water partition coefficient (Wildman–Crippen LogP) is 2.13. The van der Waals surface area contributed by atoms with Gasteiger partial charge in [-0.15, -0.1) is 11.3 Å². The fraction of sp³-hybridized carbons (Fsp3) is 0.714. The molecule has 1 fully saturated rings. The second-order valence-corrected chi connectivity index (χ2v) is 8.19. The molecule has 1 aliphatic rings. The van der Waals surface area contributed by atoms with Crippen LogP contribution in [0.1, 0.15) is 43.5 Å². The lowest BCUT2D eigenvalue weighted by Crippen LogP contribution is -2.46. The summed E-state index contributed by atoms with van der Waals surface area (Å²) in [6, 6.07) is 3.78. The van der Waals surface area contributed by atoms with Crippen molar-refractivity contribution in [3.05, 3.63) is 22.4 Å². The molecule has 120 valence electrons. The molecule has 0 radical (unpaired) electrons. The van der Waals surface area contributed by atoms with Gasteiger partial charge in [0.1, 0.15) is 0 Å². The number of aliphatic hydroxyl groups excluding tert-OH is 1. The van der Waals surface area contributed by atoms with Crippen LogP contribution in [0, 0.1) is 5.92 Å². The van der Waals surface area contributed by atoms with Crippen molar-refractivity contribution in [1.29, 1.82) is 0 Å². The highest BCUT2D eigenvalue weighted by Crippen LogP contribution is 2.26. The molecular formula is C14H24N2O3S2. The SMILES string of the molecule is CCCC(NS(=O)(=O)N1CCC(CO)CC1)c1cccs1. The molecular weight excluding hydrogens is 308 g/mol. The predicted molar refractivity (Wildman–Crippen MR) is 85.4 cm³/mol. The molecule has 0 aromatic carbocycles. The highest BCUT2D eigenvalue weighted by atomic mass is 32.2. The first-order chi connectivity index (χ1) is 10.1. The van der Waals surface area contributed by atoms with Crippen LogP contribution >= 0.6 is 11.3 Å². The molecule has 1 aromatic heterocycles. The lowest BCUT2D eigenvalue weighted by atomic mass is 10.00. The average Bonchev–Trinajstić information content (AvgIpc) is 3.01. The van der Waals surface area contributed by atoms with Crippen LogP contribution in [-0.2, 0) is 10.2 Å². The van der Waals surface area contributed by atoms with Crippen molar-refractivity contribution in [3.63, 3.8) is 0 Å². The molecule has 1 saturated heterocycles. The molecule has 2 rings (SSSR count). The fourth-order valence-corrected chi connectivity index (χ4v) is 4.96. The maximum Gasteiger partial charge on any atom is 0.280 e. The Morgan fingerprint density at radius 3 is 2.71 bits per heavy atom. The topological polar surface area (TPSA) is 69.6 Å². The third-order valence-corrected chi connectivity index (χ3v) is 6.54. The van der Waals surface area contributed by atoms with Crippen LogP contribution in [-0.4, -0.2) is 37.5 Å². The summed E-state index contributed by atoms with van der Waals surface area (Å²) in [5.74, 6) is 0.236. The summed E-state index contributed by atoms with van der Waals surface area (Å²) in [5, 5.41) is 11.1. The van der Waals surface area contributed by atoms with E-state index in [2.05, 4.69) is 11.6 Å². The van der Waals surface area contributed by atoms with E-state index in [1.807, 2.05) is 17.5 Å². The van der Waals surface area contributed by atoms with E-state index in [4.69, 9.17) is 5.11 Å². The van der Waals surface area contributed by atoms with E-state index in [0.717, 1.165) is 30.6 Å². The van der Waals surface area contributed by atoms with Crippen LogP contribution in [0.5, 0.6) is 0 Å². The highest BCUT2D eigenvalue weighted by molar-refractivity contribution is 7.87. The van der Waals surface area contributed by atoms with Gasteiger partial charge in [0.15, 0.2) is 0 Å². The van der Waals surface area contributed by atoms with Gasteiger partial charge in [-0.1, -0.05) is 19.4 Å². The normalized spacial score (nSPS) is 19.7. The molecule has 0 amide bonds. The smallest absolute Gasteiger partial charge is 0.280 e. The monoisotopic (exact) mass is 332 g/mol. The first-order valence-electron chi connectivity index (χ1n) is 7.48. The number of rotatable bonds is 7. The second-order valence-electron chi connectivity index (χ2n) is 5.50. The summed E-state index contributed by atoms with van der Waals surface area (Å²) in [7, 11) is -3.45. The van der Waals surface area contributed by atoms with Crippen LogP contribution in [0.15, 0.2) is 17.5 Å². The van der Waals surface area contributed by atoms with Gasteiger partial charge in [-0.05, 0) is 36.6 Å². The highest BCUT2D eigenvalue weighted by Gasteiger charge is 2.30. The standard InChI is InChI=1S/C14H24N2O3S2/c1-2-4-13(14-5-3-10-20-14)15-21(18,19)16-8-6-12(11-17)7-9-16/h3,5,10,12-13,15,17H,2,4,6-9,11H2,1H3. The summed E-state index contributed by atoms with van der Waals surface area (Å²) in [5.41, 5.74) is 0. The van der Waals surface area contributed by atoms with E-state index < -0.39 is 10.2 Å². The zero-order valence-electron chi connectivity index (χ0n) is 12.4. The van der Waals surface area contributed by atoms with Crippen molar-refractivity contribution in [3.8, 4) is 0 Å². The molecule has 0 spiro atoms. The number of nitrogens with one attached hydrogen (secondary N) is 1. The van der Waals surface area contributed by atoms with Gasteiger partial charge >= 0.3 is 0 Å². The Morgan fingerprint density at radius 1 is 1.48 bits per heavy atom. The minimum atomic E-state index is -3.45. The Labute approximate surface area is 131 Å². The van der Waals surface area contributed by atoms with Gasteiger partial charge in [0.05, 0.1) is 6.04 Å². The van der Waals surface area contributed by atoms with Gasteiger partial charge in [-0.25, -0.2) is 0 Å². The third kappa shape index (κ3) is 4.50. The third-order valence-electron chi connectivity index (χ3n) is 3.93. The lowest BCUT2D eigenvalue weighted by molar-refractivity contribution is 0.169. The molecule has 0 saturated carbocycles. The first kappa shape index (κ1) is 16.9. The molecule has 0 aliphatic carbocycles. The zero-order chi connectivity index (χ0) is 15.3. The summed E-state index contributed by atoms with van der Waals surface area (Å²) < 4.78 is 29.4. The molecule has 2 N–H and O–H groups in total. The quantitative estimate of drug-likeness (QED) is 0.803. The Kier molecular flexibility index (Phi) is 6.19. The number of hydrogen-bond acceptors (Lipinski definition) is 4. The van der Waals surface area contributed by atoms with Gasteiger partial charge < -0.3 is 5.11 Å². The second kappa shape index (κ2) is 7.69. The van der Waals surface area contributed by atoms with Gasteiger partial charge in [-0.3, -0.25) is 0 Å². The van der Waals surface area contributed by atoms with E-state index in [9.17, 15) is 8.42 Å². The molecule has 1 aliphatic heterocycles. The minimum absolute atomic E-state index is 0.143. The Hall–Kier alpha value is -0.470. The van der Waals surface area contributed by atoms with Gasteiger partial charge in [0.25, 0.3) is 10.2 Å². The zero-order valence-corrected chi connectivity index (χ0v) is 14.0. The number of piperidine rings is 1. The number of aliphatic hydroxyl groups is 1. The molecule has 7 heteroatoms. The summed E-state index contributed by atoms with van der Waals surface area (Å²) in [4.78, 5) is 1.06. The molecule has 21 heavy (non-hydrogen) atoms. The fourth-order valence-electron chi connectivity index (χ4n) is 2.62. The van der Waals surface area contributed by atoms with E-state index in [1.54, 1.807) is 11.3 Å². The van der Waals surface area contributed by atoms with Gasteiger partial charge in [-0.2, -0.15) is 17.4 Å². The molecule has 1 atom stereocenters. The molecule has 1 unspecified atom stereocenters. The van der Waals surface area contributed by atoms with Crippen LogP contribution in [0.2, 0.25) is 0 Å². The number of hydrogen-bond donors (Lipinski definition) is 2. The van der Waals surface area contributed by atoms with Crippen molar-refractivity contribution < 1.29 is 13.5 Å². The summed E-state index contributed by atoms with van der Waals surface area (Å²) in [6.07, 6.45) is 3.19. The van der Waals surface area contributed by atoms with Crippen molar-refractivity contribution in [2.75, 3.05) is 19.7 Å². The van der Waals surface area contributed by atoms with Crippen molar-refractivity contribution >= 4 is 21.5 Å². The van der Waals surface area contributed by atoms with Gasteiger partial charge in [0, 0.05) is 24.6 Å². The maximum absolute atomic E-state index is 12.5. The van der Waals surface area contributed by atoms with Crippen LogP contribution in [0.3, 0.4) is 0 Å². The van der Waals surface area contributed by atoms with E-state index in [0.29, 0.717) is 13.1 Å². The van der Waals surface area contributed by atoms with Crippen LogP contribution in [0.25, 0.3) is 0 Å². The van der Waals surface area contributed by atoms with Gasteiger partial charge in [0.2, 0.25) is 0 Å². The van der Waals surface area contributed by atoms with E-state index in [-0.39, 0.29) is 18.6 Å². The Bertz CT molecular complexity index is 508. The largest absolute Gasteiger partial charge is 0.396 e. The first-order valence-corrected chi connectivity index (χ1v) is 9.80. The van der Waals surface area contributed by atoms with Crippen molar-refractivity contribution in [2.45, 2.75) is 38.6 Å². The number of nitrogens with zero attached hydrogens (tertiary/aromatic N) is 1. The average molecular weight is 332 g/mol. The Morgan fingerprint density at radius 2 is 2.19 bits per heavy atom. The lowest BCUT2D eigenvalue weighted by Gasteiger charge is -2.31. The van der Waals surface area contributed by atoms with Crippen molar-refractivity contribution in [2.24, 2.45) is 5.92 Å². The molecule has 5 nitrogen and oxygen atoms in total. The maximum atomic E-state index is 12.5. The minimum Gasteiger partial charge on any atom is -0.396 e. The molecule has 1 aromatic rings. The van der Waals surface area contributed by atoms with Crippen molar-refractivity contribution in [1.82, 2.24) is 9.03 Å². The number of thiophene rings is 1. The summed E-state index contributed by atoms with van der Waals surface area (Å²) >= 11 is 1.58. The molecule has 0 bridgehead atoms. The van der Waals surface area contributed by atoms with Crippen LogP contribution < -0.4 is 4.72 Å². The van der Waals surface area contributed by atoms with E-state index in [1.165, 1.54) is 4.31 Å². The van der Waals surface area contributed by atoms with Crippen LogP contribution in [0.4, 0.5) is 0 Å². The molecule has 2 heterocycles.